The van der Waals surface area contributed by atoms with E-state index in [-0.39, 0.29) is 0 Å². The van der Waals surface area contributed by atoms with Crippen molar-refractivity contribution in [3.63, 3.8) is 0 Å². The highest BCUT2D eigenvalue weighted by atomic mass is 79.9. The van der Waals surface area contributed by atoms with Gasteiger partial charge >= 0.3 is 0 Å². The van der Waals surface area contributed by atoms with E-state index >= 15 is 0 Å². The quantitative estimate of drug-likeness (QED) is 0.746. The molecule has 3 heteroatoms. The van der Waals surface area contributed by atoms with Crippen molar-refractivity contribution in [3.05, 3.63) is 15.0 Å². The summed E-state index contributed by atoms with van der Waals surface area (Å²) in [5, 5.41) is 0. The van der Waals surface area contributed by atoms with Crippen molar-refractivity contribution >= 4 is 27.3 Å². The molecule has 10 heavy (non-hydrogen) atoms. The molecule has 0 amide bonds. The van der Waals surface area contributed by atoms with Crippen LogP contribution >= 0.6 is 27.3 Å². The van der Waals surface area contributed by atoms with E-state index in [1.54, 1.807) is 11.3 Å². The molecule has 0 bridgehead atoms. The van der Waals surface area contributed by atoms with Crippen molar-refractivity contribution in [2.24, 2.45) is 5.92 Å². The second-order valence-electron chi connectivity index (χ2n) is 2.68. The van der Waals surface area contributed by atoms with Crippen LogP contribution in [0.2, 0.25) is 0 Å². The number of hydrogen-bond acceptors (Lipinski definition) is 2. The molecule has 0 saturated carbocycles. The molecule has 1 aromatic heterocycles. The molecule has 0 atom stereocenters. The summed E-state index contributed by atoms with van der Waals surface area (Å²) in [4.78, 5) is 5.47. The van der Waals surface area contributed by atoms with Gasteiger partial charge < -0.3 is 0 Å². The zero-order valence-corrected chi connectivity index (χ0v) is 8.50. The van der Waals surface area contributed by atoms with Crippen molar-refractivity contribution in [2.75, 3.05) is 0 Å². The largest absolute Gasteiger partial charge is 0.237 e. The van der Waals surface area contributed by atoms with Gasteiger partial charge in [-0.1, -0.05) is 13.8 Å². The molecule has 0 aromatic carbocycles. The highest BCUT2D eigenvalue weighted by Crippen LogP contribution is 2.20. The van der Waals surface area contributed by atoms with Crippen molar-refractivity contribution in [3.8, 4) is 0 Å². The molecule has 56 valence electrons. The summed E-state index contributed by atoms with van der Waals surface area (Å²) in [6.45, 7) is 4.43. The van der Waals surface area contributed by atoms with E-state index < -0.39 is 0 Å². The molecule has 0 radical (unpaired) electrons. The molecule has 1 aromatic rings. The Labute approximate surface area is 73.6 Å². The fourth-order valence-electron chi connectivity index (χ4n) is 0.780. The minimum absolute atomic E-state index is 0.729. The fraction of sp³-hybridized carbons (Fsp3) is 0.571. The predicted octanol–water partition coefficient (Wildman–Crippen LogP) is 3.10. The second-order valence-corrected chi connectivity index (χ2v) is 5.07. The molecule has 0 aliphatic heterocycles. The summed E-state index contributed by atoms with van der Waals surface area (Å²) >= 11 is 5.05. The normalized spacial score (nSPS) is 10.8. The first kappa shape index (κ1) is 8.21. The molecular formula is C7H10BrNS. The summed E-state index contributed by atoms with van der Waals surface area (Å²) < 4.78 is 0.989. The van der Waals surface area contributed by atoms with Crippen LogP contribution in [0.3, 0.4) is 0 Å². The van der Waals surface area contributed by atoms with Crippen LogP contribution in [0.15, 0.2) is 10.1 Å². The molecule has 0 unspecified atom stereocenters. The van der Waals surface area contributed by atoms with E-state index in [0.29, 0.717) is 0 Å². The van der Waals surface area contributed by atoms with Crippen LogP contribution in [-0.2, 0) is 6.42 Å². The number of thiazole rings is 1. The maximum Gasteiger partial charge on any atom is 0.159 e. The van der Waals surface area contributed by atoms with Gasteiger partial charge in [-0.25, -0.2) is 4.98 Å². The lowest BCUT2D eigenvalue weighted by Gasteiger charge is -1.97. The summed E-state index contributed by atoms with van der Waals surface area (Å²) in [6, 6.07) is 0. The number of halogens is 1. The standard InChI is InChI=1S/C7H10BrNS/c1-5(2)3-6-4-9-7(8)10-6/h4-5H,3H2,1-2H3. The van der Waals surface area contributed by atoms with Crippen LogP contribution in [0.25, 0.3) is 0 Å². The van der Waals surface area contributed by atoms with Gasteiger partial charge in [-0.15, -0.1) is 11.3 Å². The first-order chi connectivity index (χ1) is 4.68. The SMILES string of the molecule is CC(C)Cc1cnc(Br)s1. The third kappa shape index (κ3) is 2.39. The van der Waals surface area contributed by atoms with E-state index in [9.17, 15) is 0 Å². The average molecular weight is 220 g/mol. The molecular weight excluding hydrogens is 210 g/mol. The molecule has 0 N–H and O–H groups in total. The van der Waals surface area contributed by atoms with Crippen LogP contribution in [0.5, 0.6) is 0 Å². The molecule has 0 fully saturated rings. The molecule has 1 rings (SSSR count). The van der Waals surface area contributed by atoms with Crippen LogP contribution in [0, 0.1) is 5.92 Å². The number of rotatable bonds is 2. The van der Waals surface area contributed by atoms with Gasteiger partial charge in [0.05, 0.1) is 0 Å². The van der Waals surface area contributed by atoms with Gasteiger partial charge in [0.25, 0.3) is 0 Å². The molecule has 0 aliphatic carbocycles. The van der Waals surface area contributed by atoms with E-state index in [1.165, 1.54) is 4.88 Å². The van der Waals surface area contributed by atoms with Crippen LogP contribution < -0.4 is 0 Å². The Balaban J connectivity index is 2.58. The smallest absolute Gasteiger partial charge is 0.159 e. The molecule has 0 aliphatic rings. The number of nitrogens with zero attached hydrogens (tertiary/aromatic N) is 1. The fourth-order valence-corrected chi connectivity index (χ4v) is 2.35. The second kappa shape index (κ2) is 3.49. The molecule has 0 saturated heterocycles. The number of aromatic nitrogens is 1. The highest BCUT2D eigenvalue weighted by molar-refractivity contribution is 9.11. The van der Waals surface area contributed by atoms with Gasteiger partial charge in [0, 0.05) is 11.1 Å². The average Bonchev–Trinajstić information content (AvgIpc) is 2.13. The Kier molecular flexibility index (Phi) is 2.86. The Morgan fingerprint density at radius 2 is 2.40 bits per heavy atom. The molecule has 1 heterocycles. The van der Waals surface area contributed by atoms with Crippen molar-refractivity contribution < 1.29 is 0 Å². The summed E-state index contributed by atoms with van der Waals surface area (Å²) in [6.07, 6.45) is 3.08. The Morgan fingerprint density at radius 1 is 1.70 bits per heavy atom. The van der Waals surface area contributed by atoms with Crippen molar-refractivity contribution in [1.82, 2.24) is 4.98 Å². The van der Waals surface area contributed by atoms with E-state index in [0.717, 1.165) is 16.3 Å². The van der Waals surface area contributed by atoms with Gasteiger partial charge in [0.15, 0.2) is 3.92 Å². The lowest BCUT2D eigenvalue weighted by Crippen LogP contribution is -1.89. The predicted molar refractivity (Wildman–Crippen MR) is 48.4 cm³/mol. The zero-order valence-electron chi connectivity index (χ0n) is 6.10. The monoisotopic (exact) mass is 219 g/mol. The maximum absolute atomic E-state index is 4.10. The minimum Gasteiger partial charge on any atom is -0.237 e. The lowest BCUT2D eigenvalue weighted by atomic mass is 10.1. The van der Waals surface area contributed by atoms with E-state index in [4.69, 9.17) is 0 Å². The van der Waals surface area contributed by atoms with Crippen LogP contribution in [0.1, 0.15) is 18.7 Å². The third-order valence-corrected chi connectivity index (χ3v) is 2.63. The first-order valence-electron chi connectivity index (χ1n) is 3.28. The number of hydrogen-bond donors (Lipinski definition) is 0. The van der Waals surface area contributed by atoms with Crippen molar-refractivity contribution in [1.29, 1.82) is 0 Å². The van der Waals surface area contributed by atoms with Crippen LogP contribution in [0.4, 0.5) is 0 Å². The Bertz CT molecular complexity index is 207. The third-order valence-electron chi connectivity index (χ3n) is 1.13. The van der Waals surface area contributed by atoms with E-state index in [2.05, 4.69) is 34.8 Å². The van der Waals surface area contributed by atoms with Crippen LogP contribution in [-0.4, -0.2) is 4.98 Å². The minimum atomic E-state index is 0.729. The summed E-state index contributed by atoms with van der Waals surface area (Å²) in [7, 11) is 0. The topological polar surface area (TPSA) is 12.9 Å². The zero-order chi connectivity index (χ0) is 7.56. The van der Waals surface area contributed by atoms with Crippen molar-refractivity contribution in [2.45, 2.75) is 20.3 Å². The molecule has 1 nitrogen and oxygen atoms in total. The van der Waals surface area contributed by atoms with Gasteiger partial charge in [-0.2, -0.15) is 0 Å². The highest BCUT2D eigenvalue weighted by Gasteiger charge is 2.00. The van der Waals surface area contributed by atoms with Gasteiger partial charge in [0.2, 0.25) is 0 Å². The first-order valence-corrected chi connectivity index (χ1v) is 4.89. The summed E-state index contributed by atoms with van der Waals surface area (Å²) in [5.41, 5.74) is 0. The Hall–Kier alpha value is 0.110. The van der Waals surface area contributed by atoms with Gasteiger partial charge in [-0.3, -0.25) is 0 Å². The maximum atomic E-state index is 4.10. The van der Waals surface area contributed by atoms with Gasteiger partial charge in [0.1, 0.15) is 0 Å². The lowest BCUT2D eigenvalue weighted by molar-refractivity contribution is 0.653. The summed E-state index contributed by atoms with van der Waals surface area (Å²) in [5.74, 6) is 0.729. The molecule has 0 spiro atoms. The van der Waals surface area contributed by atoms with E-state index in [1.807, 2.05) is 6.20 Å². The van der Waals surface area contributed by atoms with Gasteiger partial charge in [-0.05, 0) is 28.3 Å². The Morgan fingerprint density at radius 3 is 2.80 bits per heavy atom.